The molecule has 0 radical (unpaired) electrons. The first-order valence-corrected chi connectivity index (χ1v) is 11.7. The number of likely N-dealkylation sites (tertiary alicyclic amines) is 1. The van der Waals surface area contributed by atoms with Crippen molar-refractivity contribution in [2.45, 2.75) is 45.6 Å². The Hall–Kier alpha value is -3.38. The first-order valence-electron chi connectivity index (χ1n) is 11.7. The summed E-state index contributed by atoms with van der Waals surface area (Å²) < 4.78 is 0. The Morgan fingerprint density at radius 2 is 1.76 bits per heavy atom. The molecule has 6 nitrogen and oxygen atoms in total. The van der Waals surface area contributed by atoms with Gasteiger partial charge < -0.3 is 16.8 Å². The van der Waals surface area contributed by atoms with Gasteiger partial charge >= 0.3 is 0 Å². The summed E-state index contributed by atoms with van der Waals surface area (Å²) in [6.45, 7) is 12.2. The third kappa shape index (κ3) is 7.59. The van der Waals surface area contributed by atoms with Gasteiger partial charge in [0.25, 0.3) is 0 Å². The van der Waals surface area contributed by atoms with Gasteiger partial charge in [0, 0.05) is 29.9 Å². The molecule has 0 saturated carbocycles. The number of ketones is 1. The molecule has 1 unspecified atom stereocenters. The molecule has 1 saturated heterocycles. The molecule has 1 aromatic carbocycles. The molecule has 6 heteroatoms. The lowest BCUT2D eigenvalue weighted by molar-refractivity contribution is 0.101. The molecule has 34 heavy (non-hydrogen) atoms. The highest BCUT2D eigenvalue weighted by atomic mass is 16.1. The zero-order valence-electron chi connectivity index (χ0n) is 20.9. The van der Waals surface area contributed by atoms with Crippen LogP contribution in [-0.2, 0) is 0 Å². The van der Waals surface area contributed by atoms with E-state index < -0.39 is 0 Å². The van der Waals surface area contributed by atoms with Crippen molar-refractivity contribution in [1.82, 2.24) is 10.2 Å². The summed E-state index contributed by atoms with van der Waals surface area (Å²) in [4.78, 5) is 14.0. The van der Waals surface area contributed by atoms with Gasteiger partial charge in [-0.25, -0.2) is 0 Å². The standard InChI is InChI=1S/C28H39N5O/c1-19(18-20(2)26(12-15-32-5)27(29)10-11-28(30)31)21(3)33-16-13-25(14-17-33)24-8-6-23(7-9-24)22(4)34/h6-12,15,18,21,25,32H,2,13-14,16-17,29H2,1,3-5H3,(H3,30,31)/b11-10-,15-12?,19-18+,27-26+. The lowest BCUT2D eigenvalue weighted by Gasteiger charge is -2.37. The van der Waals surface area contributed by atoms with E-state index in [9.17, 15) is 4.79 Å². The van der Waals surface area contributed by atoms with Crippen LogP contribution in [0.5, 0.6) is 0 Å². The van der Waals surface area contributed by atoms with Crippen molar-refractivity contribution in [3.63, 3.8) is 0 Å². The fourth-order valence-electron chi connectivity index (χ4n) is 4.20. The van der Waals surface area contributed by atoms with Gasteiger partial charge in [-0.15, -0.1) is 0 Å². The molecule has 1 aromatic rings. The lowest BCUT2D eigenvalue weighted by atomic mass is 9.87. The zero-order chi connectivity index (χ0) is 25.3. The van der Waals surface area contributed by atoms with Crippen molar-refractivity contribution in [2.75, 3.05) is 20.1 Å². The van der Waals surface area contributed by atoms with Crippen LogP contribution in [0.15, 0.2) is 83.8 Å². The Labute approximate surface area is 204 Å². The maximum atomic E-state index is 11.5. The van der Waals surface area contributed by atoms with Gasteiger partial charge in [0.1, 0.15) is 5.84 Å². The Bertz CT molecular complexity index is 1010. The van der Waals surface area contributed by atoms with E-state index in [-0.39, 0.29) is 17.7 Å². The number of Topliss-reactive ketones (excluding diaryl/α,β-unsaturated/α-hetero) is 1. The Balaban J connectivity index is 2.08. The minimum atomic E-state index is -0.0518. The van der Waals surface area contributed by atoms with E-state index in [2.05, 4.69) is 48.9 Å². The molecule has 0 aromatic heterocycles. The van der Waals surface area contributed by atoms with Gasteiger partial charge in [-0.05, 0) is 88.2 Å². The quantitative estimate of drug-likeness (QED) is 0.179. The third-order valence-corrected chi connectivity index (χ3v) is 6.44. The van der Waals surface area contributed by atoms with Crippen LogP contribution in [0, 0.1) is 5.41 Å². The number of carbonyl (C=O) groups is 1. The lowest BCUT2D eigenvalue weighted by Crippen LogP contribution is -2.40. The van der Waals surface area contributed by atoms with Gasteiger partial charge in [0.15, 0.2) is 5.78 Å². The predicted octanol–water partition coefficient (Wildman–Crippen LogP) is 4.40. The van der Waals surface area contributed by atoms with Crippen LogP contribution in [0.25, 0.3) is 0 Å². The molecule has 1 atom stereocenters. The van der Waals surface area contributed by atoms with Crippen LogP contribution in [0.1, 0.15) is 55.5 Å². The number of rotatable bonds is 10. The first kappa shape index (κ1) is 26.9. The van der Waals surface area contributed by atoms with E-state index in [0.717, 1.165) is 42.6 Å². The first-order chi connectivity index (χ1) is 16.1. The van der Waals surface area contributed by atoms with Crippen LogP contribution in [0.2, 0.25) is 0 Å². The number of nitrogens with zero attached hydrogens (tertiary/aromatic N) is 1. The minimum Gasteiger partial charge on any atom is -0.398 e. The second-order valence-electron chi connectivity index (χ2n) is 8.86. The number of hydrogen-bond donors (Lipinski definition) is 4. The molecular formula is C28H39N5O. The van der Waals surface area contributed by atoms with Crippen LogP contribution >= 0.6 is 0 Å². The average Bonchev–Trinajstić information content (AvgIpc) is 2.82. The smallest absolute Gasteiger partial charge is 0.159 e. The van der Waals surface area contributed by atoms with Gasteiger partial charge in [-0.2, -0.15) is 0 Å². The average molecular weight is 462 g/mol. The Morgan fingerprint density at radius 3 is 2.29 bits per heavy atom. The van der Waals surface area contributed by atoms with Crippen molar-refractivity contribution >= 4 is 11.6 Å². The van der Waals surface area contributed by atoms with E-state index in [4.69, 9.17) is 16.9 Å². The summed E-state index contributed by atoms with van der Waals surface area (Å²) in [6.07, 6.45) is 11.0. The monoisotopic (exact) mass is 461 g/mol. The summed E-state index contributed by atoms with van der Waals surface area (Å²) in [5.74, 6) is 0.581. The molecule has 0 bridgehead atoms. The van der Waals surface area contributed by atoms with Gasteiger partial charge in [0.2, 0.25) is 0 Å². The molecular weight excluding hydrogens is 422 g/mol. The summed E-state index contributed by atoms with van der Waals surface area (Å²) >= 11 is 0. The number of nitrogens with one attached hydrogen (secondary N) is 2. The van der Waals surface area contributed by atoms with E-state index in [1.54, 1.807) is 19.2 Å². The normalized spacial score (nSPS) is 17.6. The number of carbonyl (C=O) groups excluding carboxylic acids is 1. The molecule has 0 amide bonds. The maximum Gasteiger partial charge on any atom is 0.159 e. The van der Waals surface area contributed by atoms with Gasteiger partial charge in [0.05, 0.1) is 0 Å². The number of hydrogen-bond acceptors (Lipinski definition) is 5. The van der Waals surface area contributed by atoms with Crippen molar-refractivity contribution in [1.29, 1.82) is 5.41 Å². The van der Waals surface area contributed by atoms with E-state index in [1.807, 2.05) is 25.3 Å². The van der Waals surface area contributed by atoms with E-state index in [0.29, 0.717) is 11.6 Å². The van der Waals surface area contributed by atoms with Gasteiger partial charge in [-0.3, -0.25) is 15.1 Å². The second-order valence-corrected chi connectivity index (χ2v) is 8.86. The highest BCUT2D eigenvalue weighted by molar-refractivity contribution is 5.94. The summed E-state index contributed by atoms with van der Waals surface area (Å²) in [7, 11) is 1.82. The zero-order valence-corrected chi connectivity index (χ0v) is 20.9. The molecule has 0 spiro atoms. The number of benzene rings is 1. The van der Waals surface area contributed by atoms with E-state index >= 15 is 0 Å². The van der Waals surface area contributed by atoms with Gasteiger partial charge in [-0.1, -0.05) is 42.5 Å². The fourth-order valence-corrected chi connectivity index (χ4v) is 4.20. The Kier molecular flexibility index (Phi) is 10.1. The molecule has 0 aliphatic carbocycles. The summed E-state index contributed by atoms with van der Waals surface area (Å²) in [6, 6.07) is 8.37. The second kappa shape index (κ2) is 12.8. The SMILES string of the molecule is C=C(/C=C(\C)C(C)N1CCC(c2ccc(C(C)=O)cc2)CC1)/C(C=CNC)=C(N)\C=C/C(=N)N. The minimum absolute atomic E-state index is 0.0518. The maximum absolute atomic E-state index is 11.5. The van der Waals surface area contributed by atoms with Crippen LogP contribution in [0.3, 0.4) is 0 Å². The number of nitrogens with two attached hydrogens (primary N) is 2. The van der Waals surface area contributed by atoms with Crippen LogP contribution in [0.4, 0.5) is 0 Å². The predicted molar refractivity (Wildman–Crippen MR) is 143 cm³/mol. The largest absolute Gasteiger partial charge is 0.398 e. The fraction of sp³-hybridized carbons (Fsp3) is 0.357. The van der Waals surface area contributed by atoms with Crippen molar-refractivity contribution < 1.29 is 4.79 Å². The molecule has 6 N–H and O–H groups in total. The Morgan fingerprint density at radius 1 is 1.15 bits per heavy atom. The molecule has 1 heterocycles. The number of piperidine rings is 1. The number of allylic oxidation sites excluding steroid dienone is 5. The van der Waals surface area contributed by atoms with Crippen molar-refractivity contribution in [3.05, 3.63) is 94.9 Å². The van der Waals surface area contributed by atoms with Crippen LogP contribution in [-0.4, -0.2) is 42.7 Å². The molecule has 1 aliphatic rings. The summed E-state index contributed by atoms with van der Waals surface area (Å²) in [5.41, 5.74) is 17.1. The van der Waals surface area contributed by atoms with Crippen molar-refractivity contribution in [2.24, 2.45) is 11.5 Å². The molecule has 2 rings (SSSR count). The topological polar surface area (TPSA) is 108 Å². The summed E-state index contributed by atoms with van der Waals surface area (Å²) in [5, 5.41) is 10.4. The van der Waals surface area contributed by atoms with Crippen LogP contribution < -0.4 is 16.8 Å². The molecule has 1 fully saturated rings. The highest BCUT2D eigenvalue weighted by Crippen LogP contribution is 2.30. The highest BCUT2D eigenvalue weighted by Gasteiger charge is 2.24. The van der Waals surface area contributed by atoms with E-state index in [1.165, 1.54) is 17.2 Å². The number of amidine groups is 1. The molecule has 1 aliphatic heterocycles. The molecule has 182 valence electrons. The van der Waals surface area contributed by atoms with Crippen molar-refractivity contribution in [3.8, 4) is 0 Å². The third-order valence-electron chi connectivity index (χ3n) is 6.44.